The summed E-state index contributed by atoms with van der Waals surface area (Å²) in [5.74, 6) is 1.61. The number of rotatable bonds is 4. The molecule has 0 radical (unpaired) electrons. The number of pyridine rings is 2. The number of nitrogens with zero attached hydrogens (tertiary/aromatic N) is 3. The van der Waals surface area contributed by atoms with Gasteiger partial charge >= 0.3 is 0 Å². The molecule has 5 heteroatoms. The summed E-state index contributed by atoms with van der Waals surface area (Å²) in [6, 6.07) is 6.45. The Morgan fingerprint density at radius 2 is 2.19 bits per heavy atom. The molecule has 138 valence electrons. The molecule has 0 amide bonds. The zero-order valence-electron chi connectivity index (χ0n) is 16.2. The van der Waals surface area contributed by atoms with Crippen LogP contribution in [0.1, 0.15) is 32.0 Å². The number of methoxy groups -OCH3 is 1. The van der Waals surface area contributed by atoms with Gasteiger partial charge in [-0.2, -0.15) is 0 Å². The Morgan fingerprint density at radius 3 is 2.81 bits per heavy atom. The molecule has 5 nitrogen and oxygen atoms in total. The molecule has 2 aromatic heterocycles. The molecule has 0 aliphatic carbocycles. The molecule has 1 atom stereocenters. The van der Waals surface area contributed by atoms with E-state index in [0.717, 1.165) is 42.4 Å². The molecule has 0 saturated carbocycles. The van der Waals surface area contributed by atoms with Gasteiger partial charge in [0, 0.05) is 35.6 Å². The van der Waals surface area contributed by atoms with Gasteiger partial charge in [0.05, 0.1) is 26.4 Å². The van der Waals surface area contributed by atoms with E-state index in [2.05, 4.69) is 55.8 Å². The van der Waals surface area contributed by atoms with Gasteiger partial charge in [-0.1, -0.05) is 6.08 Å². The third kappa shape index (κ3) is 3.58. The van der Waals surface area contributed by atoms with Gasteiger partial charge in [-0.3, -0.25) is 0 Å². The van der Waals surface area contributed by atoms with Gasteiger partial charge < -0.3 is 14.4 Å². The molecule has 0 bridgehead atoms. The lowest BCUT2D eigenvalue weighted by Gasteiger charge is -2.35. The first-order chi connectivity index (χ1) is 12.5. The molecule has 26 heavy (non-hydrogen) atoms. The lowest BCUT2D eigenvalue weighted by atomic mass is 9.94. The van der Waals surface area contributed by atoms with Crippen molar-refractivity contribution < 1.29 is 9.47 Å². The number of anilines is 1. The van der Waals surface area contributed by atoms with E-state index in [9.17, 15) is 0 Å². The summed E-state index contributed by atoms with van der Waals surface area (Å²) < 4.78 is 10.8. The predicted octanol–water partition coefficient (Wildman–Crippen LogP) is 4.11. The average Bonchev–Trinajstić information content (AvgIpc) is 2.67. The zero-order chi connectivity index (χ0) is 18.7. The Balaban J connectivity index is 2.14. The molecule has 3 heterocycles. The van der Waals surface area contributed by atoms with Crippen molar-refractivity contribution in [3.8, 4) is 17.0 Å². The average molecular weight is 353 g/mol. The van der Waals surface area contributed by atoms with Crippen LogP contribution in [-0.4, -0.2) is 42.9 Å². The molecule has 0 N–H and O–H groups in total. The Labute approximate surface area is 155 Å². The Morgan fingerprint density at radius 1 is 1.38 bits per heavy atom. The van der Waals surface area contributed by atoms with Crippen LogP contribution in [0.15, 0.2) is 30.5 Å². The first kappa shape index (κ1) is 18.4. The topological polar surface area (TPSA) is 47.5 Å². The van der Waals surface area contributed by atoms with Gasteiger partial charge in [-0.05, 0) is 51.0 Å². The molecular weight excluding hydrogens is 326 g/mol. The zero-order valence-corrected chi connectivity index (χ0v) is 16.2. The number of hydrogen-bond acceptors (Lipinski definition) is 5. The van der Waals surface area contributed by atoms with Crippen LogP contribution in [0.4, 0.5) is 5.82 Å². The summed E-state index contributed by atoms with van der Waals surface area (Å²) in [5.41, 5.74) is 5.63. The third-order valence-electron chi connectivity index (χ3n) is 4.93. The predicted molar refractivity (Wildman–Crippen MR) is 106 cm³/mol. The normalized spacial score (nSPS) is 18.1. The van der Waals surface area contributed by atoms with E-state index in [4.69, 9.17) is 14.5 Å². The van der Waals surface area contributed by atoms with Crippen LogP contribution in [0, 0.1) is 6.92 Å². The second kappa shape index (κ2) is 7.87. The summed E-state index contributed by atoms with van der Waals surface area (Å²) in [5, 5.41) is 0. The number of morpholine rings is 1. The summed E-state index contributed by atoms with van der Waals surface area (Å²) in [7, 11) is 1.63. The van der Waals surface area contributed by atoms with E-state index < -0.39 is 0 Å². The molecule has 0 spiro atoms. The van der Waals surface area contributed by atoms with E-state index in [0.29, 0.717) is 11.9 Å². The van der Waals surface area contributed by atoms with Crippen molar-refractivity contribution in [1.82, 2.24) is 9.97 Å². The van der Waals surface area contributed by atoms with Crippen LogP contribution < -0.4 is 9.64 Å². The minimum atomic E-state index is 0.311. The first-order valence-corrected chi connectivity index (χ1v) is 9.05. The first-order valence-electron chi connectivity index (χ1n) is 9.05. The summed E-state index contributed by atoms with van der Waals surface area (Å²) in [6.07, 6.45) is 3.99. The Kier molecular flexibility index (Phi) is 5.57. The third-order valence-corrected chi connectivity index (χ3v) is 4.93. The number of aromatic nitrogens is 2. The summed E-state index contributed by atoms with van der Waals surface area (Å²) >= 11 is 0. The lowest BCUT2D eigenvalue weighted by molar-refractivity contribution is 0.0985. The van der Waals surface area contributed by atoms with Gasteiger partial charge in [0.25, 0.3) is 0 Å². The SMILES string of the molecule is C/C=C(/C)c1c(-c2ccc(OC)nc2)cc(N2CCOCC2C)nc1C. The van der Waals surface area contributed by atoms with Crippen molar-refractivity contribution in [3.05, 3.63) is 41.7 Å². The highest BCUT2D eigenvalue weighted by atomic mass is 16.5. The summed E-state index contributed by atoms with van der Waals surface area (Å²) in [4.78, 5) is 11.6. The quantitative estimate of drug-likeness (QED) is 0.828. The highest BCUT2D eigenvalue weighted by Crippen LogP contribution is 2.34. The molecule has 3 rings (SSSR count). The molecule has 1 aliphatic heterocycles. The fourth-order valence-electron chi connectivity index (χ4n) is 3.40. The van der Waals surface area contributed by atoms with E-state index in [1.165, 1.54) is 11.1 Å². The molecule has 1 saturated heterocycles. The van der Waals surface area contributed by atoms with Crippen molar-refractivity contribution in [2.75, 3.05) is 31.8 Å². The smallest absolute Gasteiger partial charge is 0.212 e. The number of hydrogen-bond donors (Lipinski definition) is 0. The Bertz CT molecular complexity index is 800. The van der Waals surface area contributed by atoms with Gasteiger partial charge in [0.1, 0.15) is 5.82 Å². The standard InChI is InChI=1S/C21H27N3O2/c1-6-14(2)21-16(4)23-19(24-9-10-26-13-15(24)3)11-18(21)17-7-8-20(25-5)22-12-17/h6-8,11-12,15H,9-10,13H2,1-5H3/b14-6-. The van der Waals surface area contributed by atoms with Gasteiger partial charge in [-0.25, -0.2) is 9.97 Å². The van der Waals surface area contributed by atoms with Crippen LogP contribution in [0.3, 0.4) is 0 Å². The second-order valence-corrected chi connectivity index (χ2v) is 6.67. The molecule has 2 aromatic rings. The highest BCUT2D eigenvalue weighted by Gasteiger charge is 2.23. The number of ether oxygens (including phenoxy) is 2. The van der Waals surface area contributed by atoms with Crippen molar-refractivity contribution in [2.45, 2.75) is 33.7 Å². The van der Waals surface area contributed by atoms with Crippen molar-refractivity contribution >= 4 is 11.4 Å². The van der Waals surface area contributed by atoms with Crippen molar-refractivity contribution in [3.63, 3.8) is 0 Å². The minimum absolute atomic E-state index is 0.311. The van der Waals surface area contributed by atoms with Crippen LogP contribution in [0.25, 0.3) is 16.7 Å². The maximum Gasteiger partial charge on any atom is 0.212 e. The van der Waals surface area contributed by atoms with Gasteiger partial charge in [0.2, 0.25) is 5.88 Å². The Hall–Kier alpha value is -2.40. The van der Waals surface area contributed by atoms with E-state index in [1.54, 1.807) is 7.11 Å². The fourth-order valence-corrected chi connectivity index (χ4v) is 3.40. The highest BCUT2D eigenvalue weighted by molar-refractivity contribution is 5.83. The molecule has 1 unspecified atom stereocenters. The molecule has 1 aliphatic rings. The second-order valence-electron chi connectivity index (χ2n) is 6.67. The maximum absolute atomic E-state index is 5.58. The minimum Gasteiger partial charge on any atom is -0.481 e. The van der Waals surface area contributed by atoms with Gasteiger partial charge in [0.15, 0.2) is 0 Å². The summed E-state index contributed by atoms with van der Waals surface area (Å²) in [6.45, 7) is 10.8. The van der Waals surface area contributed by atoms with Crippen LogP contribution in [0.5, 0.6) is 5.88 Å². The number of aryl methyl sites for hydroxylation is 1. The monoisotopic (exact) mass is 353 g/mol. The fraction of sp³-hybridized carbons (Fsp3) is 0.429. The van der Waals surface area contributed by atoms with Crippen molar-refractivity contribution in [1.29, 1.82) is 0 Å². The van der Waals surface area contributed by atoms with E-state index >= 15 is 0 Å². The molecular formula is C21H27N3O2. The van der Waals surface area contributed by atoms with Gasteiger partial charge in [-0.15, -0.1) is 0 Å². The molecule has 1 fully saturated rings. The van der Waals surface area contributed by atoms with Crippen molar-refractivity contribution in [2.24, 2.45) is 0 Å². The number of allylic oxidation sites excluding steroid dienone is 2. The maximum atomic E-state index is 5.58. The van der Waals surface area contributed by atoms with Crippen LogP contribution >= 0.6 is 0 Å². The van der Waals surface area contributed by atoms with Crippen LogP contribution in [-0.2, 0) is 4.74 Å². The van der Waals surface area contributed by atoms with E-state index in [1.807, 2.05) is 12.3 Å². The largest absolute Gasteiger partial charge is 0.481 e. The molecule has 0 aromatic carbocycles. The van der Waals surface area contributed by atoms with E-state index in [-0.39, 0.29) is 0 Å². The van der Waals surface area contributed by atoms with Crippen LogP contribution in [0.2, 0.25) is 0 Å². The lowest BCUT2D eigenvalue weighted by Crippen LogP contribution is -2.44.